The van der Waals surface area contributed by atoms with Crippen LogP contribution in [-0.2, 0) is 6.54 Å². The zero-order valence-electron chi connectivity index (χ0n) is 12.8. The molecule has 0 aliphatic carbocycles. The van der Waals surface area contributed by atoms with Gasteiger partial charge in [-0.05, 0) is 31.2 Å². The van der Waals surface area contributed by atoms with E-state index in [0.717, 1.165) is 11.4 Å². The average Bonchev–Trinajstić information content (AvgIpc) is 2.52. The van der Waals surface area contributed by atoms with Crippen LogP contribution in [0.1, 0.15) is 27.3 Å². The van der Waals surface area contributed by atoms with Crippen molar-refractivity contribution in [2.75, 3.05) is 19.0 Å². The number of nitrogens with zero attached hydrogens (tertiary/aromatic N) is 4. The molecular formula is C16H17N5O. The molecule has 22 heavy (non-hydrogen) atoms. The van der Waals surface area contributed by atoms with Crippen molar-refractivity contribution < 1.29 is 4.79 Å². The summed E-state index contributed by atoms with van der Waals surface area (Å²) < 4.78 is 0. The van der Waals surface area contributed by atoms with Gasteiger partial charge in [0.1, 0.15) is 0 Å². The van der Waals surface area contributed by atoms with Crippen molar-refractivity contribution in [1.29, 1.82) is 5.26 Å². The lowest BCUT2D eigenvalue weighted by atomic mass is 10.1. The lowest BCUT2D eigenvalue weighted by molar-refractivity contribution is 0.0950. The largest absolute Gasteiger partial charge is 0.347 e. The second kappa shape index (κ2) is 6.68. The van der Waals surface area contributed by atoms with Crippen LogP contribution < -0.4 is 10.2 Å². The second-order valence-corrected chi connectivity index (χ2v) is 5.07. The van der Waals surface area contributed by atoms with Gasteiger partial charge in [0.25, 0.3) is 5.91 Å². The van der Waals surface area contributed by atoms with Gasteiger partial charge in [-0.25, -0.2) is 9.97 Å². The Morgan fingerprint density at radius 3 is 2.77 bits per heavy atom. The first-order valence-electron chi connectivity index (χ1n) is 6.80. The molecular weight excluding hydrogens is 278 g/mol. The van der Waals surface area contributed by atoms with Gasteiger partial charge >= 0.3 is 0 Å². The van der Waals surface area contributed by atoms with Crippen LogP contribution in [0.2, 0.25) is 0 Å². The summed E-state index contributed by atoms with van der Waals surface area (Å²) in [7, 11) is 3.73. The Labute approximate surface area is 129 Å². The Morgan fingerprint density at radius 1 is 1.32 bits per heavy atom. The Bertz CT molecular complexity index is 734. The summed E-state index contributed by atoms with van der Waals surface area (Å²) in [5.41, 5.74) is 2.49. The van der Waals surface area contributed by atoms with E-state index in [2.05, 4.69) is 15.3 Å². The van der Waals surface area contributed by atoms with Crippen molar-refractivity contribution in [3.05, 3.63) is 52.8 Å². The topological polar surface area (TPSA) is 81.9 Å². The quantitative estimate of drug-likeness (QED) is 0.927. The Hall–Kier alpha value is -2.94. The lowest BCUT2D eigenvalue weighted by Gasteiger charge is -2.12. The summed E-state index contributed by atoms with van der Waals surface area (Å²) in [6, 6.07) is 10.4. The van der Waals surface area contributed by atoms with Gasteiger partial charge in [-0.1, -0.05) is 6.07 Å². The average molecular weight is 295 g/mol. The maximum absolute atomic E-state index is 12.1. The van der Waals surface area contributed by atoms with Crippen LogP contribution in [0, 0.1) is 18.3 Å². The van der Waals surface area contributed by atoms with Crippen LogP contribution in [0.15, 0.2) is 30.3 Å². The number of anilines is 1. The fraction of sp³-hybridized carbons (Fsp3) is 0.250. The highest BCUT2D eigenvalue weighted by Crippen LogP contribution is 2.08. The SMILES string of the molecule is Cc1cc(CNC(=O)c2cccc(C#N)c2)nc(N(C)C)n1. The van der Waals surface area contributed by atoms with Gasteiger partial charge in [-0.3, -0.25) is 4.79 Å². The van der Waals surface area contributed by atoms with E-state index < -0.39 is 0 Å². The minimum atomic E-state index is -0.236. The first-order chi connectivity index (χ1) is 10.5. The van der Waals surface area contributed by atoms with Gasteiger partial charge in [0.15, 0.2) is 0 Å². The van der Waals surface area contributed by atoms with Gasteiger partial charge in [0.2, 0.25) is 5.95 Å². The molecule has 1 aromatic heterocycles. The van der Waals surface area contributed by atoms with Crippen molar-refractivity contribution in [1.82, 2.24) is 15.3 Å². The Kier molecular flexibility index (Phi) is 4.69. The van der Waals surface area contributed by atoms with Crippen LogP contribution in [0.4, 0.5) is 5.95 Å². The molecule has 112 valence electrons. The maximum atomic E-state index is 12.1. The molecule has 0 aliphatic heterocycles. The molecule has 1 N–H and O–H groups in total. The van der Waals surface area contributed by atoms with E-state index >= 15 is 0 Å². The number of nitriles is 1. The molecule has 6 nitrogen and oxygen atoms in total. The summed E-state index contributed by atoms with van der Waals surface area (Å²) in [6.45, 7) is 2.19. The van der Waals surface area contributed by atoms with E-state index in [0.29, 0.717) is 23.6 Å². The number of hydrogen-bond acceptors (Lipinski definition) is 5. The molecule has 2 aromatic rings. The summed E-state index contributed by atoms with van der Waals surface area (Å²) in [5, 5.41) is 11.7. The molecule has 0 radical (unpaired) electrons. The molecule has 0 unspecified atom stereocenters. The third-order valence-electron chi connectivity index (χ3n) is 2.98. The molecule has 6 heteroatoms. The zero-order valence-corrected chi connectivity index (χ0v) is 12.8. The molecule has 0 aliphatic rings. The number of hydrogen-bond donors (Lipinski definition) is 1. The molecule has 0 saturated heterocycles. The van der Waals surface area contributed by atoms with Crippen molar-refractivity contribution in [2.45, 2.75) is 13.5 Å². The summed E-state index contributed by atoms with van der Waals surface area (Å²) in [5.74, 6) is 0.371. The Morgan fingerprint density at radius 2 is 2.09 bits per heavy atom. The molecule has 2 rings (SSSR count). The van der Waals surface area contributed by atoms with E-state index in [1.165, 1.54) is 0 Å². The molecule has 0 fully saturated rings. The number of carbonyl (C=O) groups excluding carboxylic acids is 1. The fourth-order valence-electron chi connectivity index (χ4n) is 1.91. The predicted octanol–water partition coefficient (Wildman–Crippen LogP) is 1.65. The number of rotatable bonds is 4. The predicted molar refractivity (Wildman–Crippen MR) is 83.4 cm³/mol. The van der Waals surface area contributed by atoms with Gasteiger partial charge < -0.3 is 10.2 Å². The van der Waals surface area contributed by atoms with E-state index in [4.69, 9.17) is 5.26 Å². The Balaban J connectivity index is 2.09. The summed E-state index contributed by atoms with van der Waals surface area (Å²) in [4.78, 5) is 22.6. The minimum absolute atomic E-state index is 0.236. The summed E-state index contributed by atoms with van der Waals surface area (Å²) >= 11 is 0. The van der Waals surface area contributed by atoms with E-state index in [9.17, 15) is 4.79 Å². The van der Waals surface area contributed by atoms with Crippen molar-refractivity contribution >= 4 is 11.9 Å². The highest BCUT2D eigenvalue weighted by molar-refractivity contribution is 5.94. The maximum Gasteiger partial charge on any atom is 0.251 e. The van der Waals surface area contributed by atoms with E-state index in [1.54, 1.807) is 24.3 Å². The molecule has 1 aromatic carbocycles. The third-order valence-corrected chi connectivity index (χ3v) is 2.98. The zero-order chi connectivity index (χ0) is 16.1. The molecule has 1 heterocycles. The van der Waals surface area contributed by atoms with Crippen molar-refractivity contribution in [3.63, 3.8) is 0 Å². The number of benzene rings is 1. The standard InChI is InChI=1S/C16H17N5O/c1-11-7-14(20-16(19-11)21(2)3)10-18-15(22)13-6-4-5-12(8-13)9-17/h4-8H,10H2,1-3H3,(H,18,22). The highest BCUT2D eigenvalue weighted by Gasteiger charge is 2.08. The number of amides is 1. The number of aromatic nitrogens is 2. The summed E-state index contributed by atoms with van der Waals surface area (Å²) in [6.07, 6.45) is 0. The smallest absolute Gasteiger partial charge is 0.251 e. The van der Waals surface area contributed by atoms with Gasteiger partial charge in [0.05, 0.1) is 23.9 Å². The van der Waals surface area contributed by atoms with Crippen molar-refractivity contribution in [2.24, 2.45) is 0 Å². The van der Waals surface area contributed by atoms with Crippen LogP contribution in [0.5, 0.6) is 0 Å². The van der Waals surface area contributed by atoms with E-state index in [1.807, 2.05) is 38.1 Å². The van der Waals surface area contributed by atoms with Crippen LogP contribution in [-0.4, -0.2) is 30.0 Å². The van der Waals surface area contributed by atoms with Crippen LogP contribution >= 0.6 is 0 Å². The highest BCUT2D eigenvalue weighted by atomic mass is 16.1. The fourth-order valence-corrected chi connectivity index (χ4v) is 1.91. The monoisotopic (exact) mass is 295 g/mol. The van der Waals surface area contributed by atoms with Gasteiger partial charge in [0, 0.05) is 25.4 Å². The van der Waals surface area contributed by atoms with Crippen LogP contribution in [0.3, 0.4) is 0 Å². The van der Waals surface area contributed by atoms with Gasteiger partial charge in [-0.15, -0.1) is 0 Å². The third kappa shape index (κ3) is 3.79. The van der Waals surface area contributed by atoms with E-state index in [-0.39, 0.29) is 5.91 Å². The number of carbonyl (C=O) groups is 1. The van der Waals surface area contributed by atoms with Gasteiger partial charge in [-0.2, -0.15) is 5.26 Å². The second-order valence-electron chi connectivity index (χ2n) is 5.07. The molecule has 0 spiro atoms. The molecule has 0 saturated carbocycles. The molecule has 1 amide bonds. The molecule has 0 bridgehead atoms. The number of aryl methyl sites for hydroxylation is 1. The van der Waals surface area contributed by atoms with Crippen molar-refractivity contribution in [3.8, 4) is 6.07 Å². The van der Waals surface area contributed by atoms with Crippen LogP contribution in [0.25, 0.3) is 0 Å². The lowest BCUT2D eigenvalue weighted by Crippen LogP contribution is -2.24. The first kappa shape index (κ1) is 15.4. The first-order valence-corrected chi connectivity index (χ1v) is 6.80. The molecule has 0 atom stereocenters. The minimum Gasteiger partial charge on any atom is -0.347 e. The number of nitrogens with one attached hydrogen (secondary N) is 1. The normalized spacial score (nSPS) is 9.91.